The van der Waals surface area contributed by atoms with Crippen molar-refractivity contribution in [3.63, 3.8) is 0 Å². The van der Waals surface area contributed by atoms with Crippen LogP contribution in [0.2, 0.25) is 10.0 Å². The summed E-state index contributed by atoms with van der Waals surface area (Å²) in [6, 6.07) is 14.4. The van der Waals surface area contributed by atoms with Crippen molar-refractivity contribution >= 4 is 73.3 Å². The molecule has 1 N–H and O–H groups in total. The average Bonchev–Trinajstić information content (AvgIpc) is 3.94. The Bertz CT molecular complexity index is 3410. The quantitative estimate of drug-likeness (QED) is 0.138. The number of rotatable bonds is 8. The number of aryl methyl sites for hydroxylation is 4. The van der Waals surface area contributed by atoms with Crippen LogP contribution in [0, 0.1) is 18.3 Å². The molecule has 64 heavy (non-hydrogen) atoms. The summed E-state index contributed by atoms with van der Waals surface area (Å²) in [5.41, 5.74) is 0.688. The minimum atomic E-state index is -1.42. The number of allylic oxidation sites excluding steroid dienone is 2. The van der Waals surface area contributed by atoms with Crippen LogP contribution in [0.4, 0.5) is 5.82 Å². The van der Waals surface area contributed by atoms with Gasteiger partial charge < -0.3 is 19.1 Å². The second-order valence-electron chi connectivity index (χ2n) is 16.6. The van der Waals surface area contributed by atoms with Gasteiger partial charge in [0.2, 0.25) is 11.8 Å². The molecule has 0 bridgehead atoms. The number of thiophene rings is 1. The van der Waals surface area contributed by atoms with Gasteiger partial charge in [-0.1, -0.05) is 35.3 Å². The zero-order valence-electron chi connectivity index (χ0n) is 35.4. The van der Waals surface area contributed by atoms with Gasteiger partial charge in [-0.25, -0.2) is 33.4 Å². The van der Waals surface area contributed by atoms with E-state index in [0.717, 1.165) is 25.1 Å². The maximum atomic E-state index is 15.2. The molecular weight excluding hydrogens is 884 g/mol. The molecule has 4 aromatic heterocycles. The van der Waals surface area contributed by atoms with Gasteiger partial charge in [0.15, 0.2) is 11.5 Å². The minimum absolute atomic E-state index is 0.0118. The highest BCUT2D eigenvalue weighted by atomic mass is 35.5. The molecule has 3 aliphatic rings. The second kappa shape index (κ2) is 14.8. The van der Waals surface area contributed by atoms with Crippen molar-refractivity contribution in [1.29, 1.82) is 0 Å². The third-order valence-corrected chi connectivity index (χ3v) is 15.2. The van der Waals surface area contributed by atoms with E-state index in [1.54, 1.807) is 45.3 Å². The van der Waals surface area contributed by atoms with Crippen LogP contribution in [-0.4, -0.2) is 64.4 Å². The van der Waals surface area contributed by atoms with E-state index >= 15 is 4.79 Å². The highest BCUT2D eigenvalue weighted by Gasteiger charge is 2.66. The number of phenols is 1. The fraction of sp³-hybridized carbons (Fsp3) is 0.311. The van der Waals surface area contributed by atoms with E-state index in [4.69, 9.17) is 37.8 Å². The molecule has 0 unspecified atom stereocenters. The van der Waals surface area contributed by atoms with Crippen molar-refractivity contribution in [2.75, 3.05) is 19.1 Å². The summed E-state index contributed by atoms with van der Waals surface area (Å²) in [6.45, 7) is 3.54. The number of aromatic nitrogens is 7. The Labute approximate surface area is 377 Å². The number of fused-ring (bicyclic) bond motifs is 6. The predicted molar refractivity (Wildman–Crippen MR) is 242 cm³/mol. The number of imide groups is 1. The van der Waals surface area contributed by atoms with E-state index in [2.05, 4.69) is 4.98 Å². The Kier molecular flexibility index (Phi) is 9.63. The Morgan fingerprint density at radius 3 is 2.44 bits per heavy atom. The largest absolute Gasteiger partial charge is 0.508 e. The molecule has 0 spiro atoms. The zero-order chi connectivity index (χ0) is 45.3. The normalized spacial score (nSPS) is 20.5. The molecule has 16 nitrogen and oxygen atoms in total. The van der Waals surface area contributed by atoms with E-state index in [0.29, 0.717) is 44.4 Å². The summed E-state index contributed by atoms with van der Waals surface area (Å²) in [7, 11) is 6.27. The van der Waals surface area contributed by atoms with Gasteiger partial charge in [-0.3, -0.25) is 19.1 Å². The van der Waals surface area contributed by atoms with Crippen molar-refractivity contribution in [3.8, 4) is 27.8 Å². The molecule has 10 rings (SSSR count). The molecule has 1 aliphatic carbocycles. The first kappa shape index (κ1) is 41.6. The first-order valence-corrected chi connectivity index (χ1v) is 22.0. The Morgan fingerprint density at radius 2 is 1.70 bits per heavy atom. The monoisotopic (exact) mass is 922 g/mol. The second-order valence-corrected chi connectivity index (χ2v) is 18.5. The summed E-state index contributed by atoms with van der Waals surface area (Å²) < 4.78 is 18.6. The standard InChI is InChI=1S/C45H40Cl2N8O8S/c1-21-26-15-22(46)7-10-36(26)64-39(21)31-19-37(51(4)49-31)54-40(57)27-17-32-25(38(45(27,2)42(54)59)24-9-8-23(56)16-28(24)47)11-14-53-43(60)52(44(61)55(32)53)13-12-29-41(58)50(3)33-20-35(63-6)34(62-5)18-30(33)48-29/h7-11,15-16,18-20,27,32,38,56H,12-14,17H2,1-6H3/t27-,32+,38-,45+/m0/s1. The molecule has 328 valence electrons. The van der Waals surface area contributed by atoms with Crippen LogP contribution in [0.3, 0.4) is 0 Å². The number of anilines is 1. The summed E-state index contributed by atoms with van der Waals surface area (Å²) >= 11 is 14.8. The van der Waals surface area contributed by atoms with Crippen molar-refractivity contribution in [1.82, 2.24) is 33.3 Å². The van der Waals surface area contributed by atoms with Gasteiger partial charge >= 0.3 is 11.4 Å². The summed E-state index contributed by atoms with van der Waals surface area (Å²) in [5.74, 6) is -1.77. The molecule has 0 radical (unpaired) electrons. The minimum Gasteiger partial charge on any atom is -0.508 e. The number of ether oxygens (including phenoxy) is 2. The molecule has 6 heterocycles. The predicted octanol–water partition coefficient (Wildman–Crippen LogP) is 6.12. The Morgan fingerprint density at radius 1 is 0.953 bits per heavy atom. The number of benzene rings is 3. The molecule has 7 aromatic rings. The van der Waals surface area contributed by atoms with Crippen LogP contribution in [0.1, 0.15) is 42.1 Å². The van der Waals surface area contributed by atoms with Crippen molar-refractivity contribution < 1.29 is 24.2 Å². The van der Waals surface area contributed by atoms with Gasteiger partial charge in [0.25, 0.3) is 5.56 Å². The lowest BCUT2D eigenvalue weighted by molar-refractivity contribution is -0.129. The SMILES string of the molecule is COc1cc2nc(CCn3c(=O)n4n(c3=O)[C@@H]3C[C@H]5C(=O)N(c6cc(-c7sc8ccc(Cl)cc8c7C)nn6C)C(=O)[C@@]5(C)[C@@H](c5ccc(O)cc5Cl)C3=CC4)c(=O)n(C)c2cc1OC. The first-order chi connectivity index (χ1) is 30.6. The number of hydrogen-bond acceptors (Lipinski definition) is 11. The first-order valence-electron chi connectivity index (χ1n) is 20.4. The number of amides is 2. The lowest BCUT2D eigenvalue weighted by Gasteiger charge is -2.47. The number of halogens is 2. The van der Waals surface area contributed by atoms with Gasteiger partial charge in [0.1, 0.15) is 23.0 Å². The molecule has 2 amide bonds. The van der Waals surface area contributed by atoms with Crippen molar-refractivity contribution in [2.45, 2.75) is 51.7 Å². The Balaban J connectivity index is 1.04. The maximum absolute atomic E-state index is 15.2. The van der Waals surface area contributed by atoms with Gasteiger partial charge in [-0.15, -0.1) is 11.3 Å². The Hall–Kier alpha value is -6.43. The zero-order valence-corrected chi connectivity index (χ0v) is 37.7. The fourth-order valence-electron chi connectivity index (χ4n) is 10.1. The van der Waals surface area contributed by atoms with E-state index < -0.39 is 52.0 Å². The van der Waals surface area contributed by atoms with Crippen molar-refractivity contribution in [2.24, 2.45) is 25.4 Å². The maximum Gasteiger partial charge on any atom is 0.347 e. The number of methoxy groups -OCH3 is 2. The van der Waals surface area contributed by atoms with Gasteiger partial charge in [0, 0.05) is 65.9 Å². The molecule has 2 aliphatic heterocycles. The lowest BCUT2D eigenvalue weighted by Crippen LogP contribution is -2.49. The highest BCUT2D eigenvalue weighted by molar-refractivity contribution is 7.22. The number of carbonyl (C=O) groups excluding carboxylic acids is 2. The number of aromatic hydroxyl groups is 1. The average molecular weight is 924 g/mol. The molecule has 1 saturated heterocycles. The molecular formula is C45H40Cl2N8O8S. The van der Waals surface area contributed by atoms with Crippen LogP contribution in [0.5, 0.6) is 17.2 Å². The number of hydrogen-bond donors (Lipinski definition) is 1. The van der Waals surface area contributed by atoms with Gasteiger partial charge in [-0.2, -0.15) is 5.10 Å². The van der Waals surface area contributed by atoms with E-state index in [1.165, 1.54) is 61.2 Å². The number of nitrogens with zero attached hydrogens (tertiary/aromatic N) is 8. The number of phenolic OH excluding ortho intramolecular Hbond substituents is 1. The summed E-state index contributed by atoms with van der Waals surface area (Å²) in [6.07, 6.45) is 1.79. The molecule has 2 fully saturated rings. The van der Waals surface area contributed by atoms with Crippen LogP contribution >= 0.6 is 34.5 Å². The topological polar surface area (TPSA) is 178 Å². The molecule has 19 heteroatoms. The van der Waals surface area contributed by atoms with Gasteiger partial charge in [0.05, 0.1) is 54.0 Å². The van der Waals surface area contributed by atoms with E-state index in [1.807, 2.05) is 31.2 Å². The van der Waals surface area contributed by atoms with E-state index in [-0.39, 0.29) is 48.2 Å². The molecule has 1 saturated carbocycles. The summed E-state index contributed by atoms with van der Waals surface area (Å²) in [5, 5.41) is 16.9. The van der Waals surface area contributed by atoms with Crippen LogP contribution in [0.15, 0.2) is 80.6 Å². The smallest absolute Gasteiger partial charge is 0.347 e. The highest BCUT2D eigenvalue weighted by Crippen LogP contribution is 2.62. The third kappa shape index (κ3) is 5.89. The van der Waals surface area contributed by atoms with Gasteiger partial charge in [-0.05, 0) is 72.7 Å². The summed E-state index contributed by atoms with van der Waals surface area (Å²) in [4.78, 5) is 79.1. The number of carbonyl (C=O) groups is 2. The molecule has 3 aromatic carbocycles. The fourth-order valence-corrected chi connectivity index (χ4v) is 11.7. The van der Waals surface area contributed by atoms with E-state index in [9.17, 15) is 24.3 Å². The van der Waals surface area contributed by atoms with Crippen LogP contribution < -0.4 is 31.3 Å². The lowest BCUT2D eigenvalue weighted by atomic mass is 9.56. The van der Waals surface area contributed by atoms with Crippen LogP contribution in [0.25, 0.3) is 31.7 Å². The molecule has 4 atom stereocenters. The van der Waals surface area contributed by atoms with Crippen molar-refractivity contribution in [3.05, 3.63) is 124 Å². The third-order valence-electron chi connectivity index (χ3n) is 13.3. The van der Waals surface area contributed by atoms with Crippen LogP contribution in [-0.2, 0) is 43.2 Å².